The molecule has 0 radical (unpaired) electrons. The molecule has 0 aliphatic rings. The van der Waals surface area contributed by atoms with Crippen molar-refractivity contribution in [2.45, 2.75) is 20.3 Å². The van der Waals surface area contributed by atoms with E-state index in [1.807, 2.05) is 31.0 Å². The number of aromatic nitrogens is 2. The van der Waals surface area contributed by atoms with Gasteiger partial charge in [0, 0.05) is 32.4 Å². The number of carbonyl (C=O) groups is 1. The van der Waals surface area contributed by atoms with Crippen LogP contribution in [0.5, 0.6) is 0 Å². The highest BCUT2D eigenvalue weighted by Gasteiger charge is 2.08. The molecular formula is C14H17N3O2. The van der Waals surface area contributed by atoms with Gasteiger partial charge in [0.1, 0.15) is 17.3 Å². The van der Waals surface area contributed by atoms with Gasteiger partial charge in [-0.25, -0.2) is 9.97 Å². The van der Waals surface area contributed by atoms with E-state index >= 15 is 0 Å². The predicted octanol–water partition coefficient (Wildman–Crippen LogP) is 2.46. The SMILES string of the molecule is CC(=O)CCN(C)c1ncc(-c2ccc(C)o2)cn1. The van der Waals surface area contributed by atoms with Crippen molar-refractivity contribution < 1.29 is 9.21 Å². The van der Waals surface area contributed by atoms with Crippen molar-refractivity contribution in [1.29, 1.82) is 0 Å². The van der Waals surface area contributed by atoms with Crippen LogP contribution < -0.4 is 4.90 Å². The zero-order valence-corrected chi connectivity index (χ0v) is 11.4. The van der Waals surface area contributed by atoms with Crippen LogP contribution >= 0.6 is 0 Å². The lowest BCUT2D eigenvalue weighted by atomic mass is 10.3. The number of anilines is 1. The van der Waals surface area contributed by atoms with E-state index in [1.165, 1.54) is 0 Å². The summed E-state index contributed by atoms with van der Waals surface area (Å²) in [5.41, 5.74) is 0.844. The van der Waals surface area contributed by atoms with E-state index in [1.54, 1.807) is 19.3 Å². The van der Waals surface area contributed by atoms with Gasteiger partial charge in [0.15, 0.2) is 0 Å². The van der Waals surface area contributed by atoms with Crippen LogP contribution in [0.4, 0.5) is 5.95 Å². The van der Waals surface area contributed by atoms with Crippen LogP contribution in [0.3, 0.4) is 0 Å². The molecule has 5 heteroatoms. The first-order chi connectivity index (χ1) is 9.06. The zero-order valence-electron chi connectivity index (χ0n) is 11.4. The van der Waals surface area contributed by atoms with Gasteiger partial charge in [-0.3, -0.25) is 4.79 Å². The molecule has 2 rings (SSSR count). The van der Waals surface area contributed by atoms with Crippen molar-refractivity contribution in [1.82, 2.24) is 9.97 Å². The number of carbonyl (C=O) groups excluding carboxylic acids is 1. The Balaban J connectivity index is 2.07. The molecule has 100 valence electrons. The lowest BCUT2D eigenvalue weighted by Crippen LogP contribution is -2.22. The zero-order chi connectivity index (χ0) is 13.8. The Morgan fingerprint density at radius 3 is 2.53 bits per heavy atom. The normalized spacial score (nSPS) is 10.5. The summed E-state index contributed by atoms with van der Waals surface area (Å²) in [6.45, 7) is 4.10. The van der Waals surface area contributed by atoms with E-state index in [9.17, 15) is 4.79 Å². The molecule has 2 aromatic heterocycles. The average Bonchev–Trinajstić information content (AvgIpc) is 2.83. The number of aryl methyl sites for hydroxylation is 1. The lowest BCUT2D eigenvalue weighted by molar-refractivity contribution is -0.116. The molecule has 0 amide bonds. The number of furan rings is 1. The predicted molar refractivity (Wildman–Crippen MR) is 73.0 cm³/mol. The van der Waals surface area contributed by atoms with E-state index < -0.39 is 0 Å². The lowest BCUT2D eigenvalue weighted by Gasteiger charge is -2.15. The first-order valence-corrected chi connectivity index (χ1v) is 6.15. The van der Waals surface area contributed by atoms with Crippen molar-refractivity contribution in [2.24, 2.45) is 0 Å². The molecule has 2 heterocycles. The topological polar surface area (TPSA) is 59.2 Å². The van der Waals surface area contributed by atoms with Gasteiger partial charge in [-0.15, -0.1) is 0 Å². The summed E-state index contributed by atoms with van der Waals surface area (Å²) in [5.74, 6) is 2.39. The highest BCUT2D eigenvalue weighted by atomic mass is 16.3. The Kier molecular flexibility index (Phi) is 3.94. The number of hydrogen-bond donors (Lipinski definition) is 0. The van der Waals surface area contributed by atoms with E-state index in [0.717, 1.165) is 17.1 Å². The standard InChI is InChI=1S/C14H17N3O2/c1-10(18)6-7-17(3)14-15-8-12(9-16-14)13-5-4-11(2)19-13/h4-5,8-9H,6-7H2,1-3H3. The Morgan fingerprint density at radius 1 is 1.32 bits per heavy atom. The third-order valence-electron chi connectivity index (χ3n) is 2.80. The second-order valence-electron chi connectivity index (χ2n) is 4.56. The van der Waals surface area contributed by atoms with E-state index in [0.29, 0.717) is 18.9 Å². The largest absolute Gasteiger partial charge is 0.461 e. The highest BCUT2D eigenvalue weighted by Crippen LogP contribution is 2.21. The van der Waals surface area contributed by atoms with Gasteiger partial charge in [-0.2, -0.15) is 0 Å². The summed E-state index contributed by atoms with van der Waals surface area (Å²) in [5, 5.41) is 0. The number of Topliss-reactive ketones (excluding diaryl/α,β-unsaturated/α-hetero) is 1. The van der Waals surface area contributed by atoms with Gasteiger partial charge in [-0.1, -0.05) is 0 Å². The maximum Gasteiger partial charge on any atom is 0.225 e. The number of ketones is 1. The summed E-state index contributed by atoms with van der Waals surface area (Å²) in [4.78, 5) is 21.4. The smallest absolute Gasteiger partial charge is 0.225 e. The maximum atomic E-state index is 10.9. The fourth-order valence-electron chi connectivity index (χ4n) is 1.66. The summed E-state index contributed by atoms with van der Waals surface area (Å²) >= 11 is 0. The van der Waals surface area contributed by atoms with Gasteiger partial charge < -0.3 is 9.32 Å². The average molecular weight is 259 g/mol. The third-order valence-corrected chi connectivity index (χ3v) is 2.80. The minimum absolute atomic E-state index is 0.162. The second kappa shape index (κ2) is 5.65. The van der Waals surface area contributed by atoms with Gasteiger partial charge >= 0.3 is 0 Å². The first-order valence-electron chi connectivity index (χ1n) is 6.15. The highest BCUT2D eigenvalue weighted by molar-refractivity contribution is 5.76. The summed E-state index contributed by atoms with van der Waals surface area (Å²) in [6, 6.07) is 3.80. The van der Waals surface area contributed by atoms with Crippen LogP contribution in [0.2, 0.25) is 0 Å². The number of nitrogens with zero attached hydrogens (tertiary/aromatic N) is 3. The second-order valence-corrected chi connectivity index (χ2v) is 4.56. The van der Waals surface area contributed by atoms with Gasteiger partial charge in [0.2, 0.25) is 5.95 Å². The van der Waals surface area contributed by atoms with Crippen molar-refractivity contribution in [2.75, 3.05) is 18.5 Å². The van der Waals surface area contributed by atoms with Crippen LogP contribution in [0.1, 0.15) is 19.1 Å². The molecule has 0 unspecified atom stereocenters. The van der Waals surface area contributed by atoms with Gasteiger partial charge in [-0.05, 0) is 26.0 Å². The molecule has 0 atom stereocenters. The number of hydrogen-bond acceptors (Lipinski definition) is 5. The minimum atomic E-state index is 0.162. The van der Waals surface area contributed by atoms with Gasteiger partial charge in [0.05, 0.1) is 5.56 Å². The maximum absolute atomic E-state index is 10.9. The molecule has 0 bridgehead atoms. The molecule has 0 spiro atoms. The summed E-state index contributed by atoms with van der Waals surface area (Å²) < 4.78 is 5.51. The molecule has 2 aromatic rings. The van der Waals surface area contributed by atoms with Crippen LogP contribution in [0, 0.1) is 6.92 Å². The summed E-state index contributed by atoms with van der Waals surface area (Å²) in [7, 11) is 1.87. The summed E-state index contributed by atoms with van der Waals surface area (Å²) in [6.07, 6.45) is 3.95. The van der Waals surface area contributed by atoms with E-state index in [2.05, 4.69) is 9.97 Å². The Bertz CT molecular complexity index is 560. The molecule has 0 saturated heterocycles. The Labute approximate surface area is 112 Å². The molecule has 0 aromatic carbocycles. The first kappa shape index (κ1) is 13.3. The fraction of sp³-hybridized carbons (Fsp3) is 0.357. The van der Waals surface area contributed by atoms with Crippen molar-refractivity contribution in [3.63, 3.8) is 0 Å². The van der Waals surface area contributed by atoms with E-state index in [-0.39, 0.29) is 5.78 Å². The van der Waals surface area contributed by atoms with Crippen molar-refractivity contribution in [3.8, 4) is 11.3 Å². The van der Waals surface area contributed by atoms with Crippen LogP contribution in [-0.2, 0) is 4.79 Å². The molecule has 0 fully saturated rings. The van der Waals surface area contributed by atoms with Crippen LogP contribution in [0.25, 0.3) is 11.3 Å². The van der Waals surface area contributed by atoms with Gasteiger partial charge in [0.25, 0.3) is 0 Å². The molecular weight excluding hydrogens is 242 g/mol. The minimum Gasteiger partial charge on any atom is -0.461 e. The van der Waals surface area contributed by atoms with Crippen molar-refractivity contribution in [3.05, 3.63) is 30.3 Å². The fourth-order valence-corrected chi connectivity index (χ4v) is 1.66. The molecule has 0 saturated carbocycles. The molecule has 19 heavy (non-hydrogen) atoms. The molecule has 0 aliphatic heterocycles. The van der Waals surface area contributed by atoms with Crippen LogP contribution in [0.15, 0.2) is 28.9 Å². The third kappa shape index (κ3) is 3.40. The van der Waals surface area contributed by atoms with Crippen LogP contribution in [-0.4, -0.2) is 29.3 Å². The quantitative estimate of drug-likeness (QED) is 0.825. The monoisotopic (exact) mass is 259 g/mol. The van der Waals surface area contributed by atoms with Crippen molar-refractivity contribution >= 4 is 11.7 Å². The molecule has 0 N–H and O–H groups in total. The molecule has 0 aliphatic carbocycles. The molecule has 5 nitrogen and oxygen atoms in total. The number of rotatable bonds is 5. The Morgan fingerprint density at radius 2 is 2.00 bits per heavy atom. The Hall–Kier alpha value is -2.17. The van der Waals surface area contributed by atoms with E-state index in [4.69, 9.17) is 4.42 Å².